The van der Waals surface area contributed by atoms with Crippen LogP contribution in [0.4, 0.5) is 5.13 Å². The van der Waals surface area contributed by atoms with Gasteiger partial charge in [-0.05, 0) is 30.7 Å². The Balaban J connectivity index is 1.43. The number of carbonyl (C=O) groups is 3. The summed E-state index contributed by atoms with van der Waals surface area (Å²) < 4.78 is 15.8. The van der Waals surface area contributed by atoms with Crippen LogP contribution in [0.25, 0.3) is 6.08 Å². The van der Waals surface area contributed by atoms with E-state index in [1.807, 2.05) is 6.07 Å². The average molecular weight is 450 g/mol. The second-order valence-corrected chi connectivity index (χ2v) is 7.88. The van der Waals surface area contributed by atoms with Crippen molar-refractivity contribution in [2.24, 2.45) is 0 Å². The van der Waals surface area contributed by atoms with Gasteiger partial charge in [-0.25, -0.2) is 0 Å². The van der Waals surface area contributed by atoms with E-state index in [-0.39, 0.29) is 37.5 Å². The maximum atomic E-state index is 12.1. The van der Waals surface area contributed by atoms with Crippen molar-refractivity contribution in [3.8, 4) is 11.5 Å². The van der Waals surface area contributed by atoms with Gasteiger partial charge in [-0.3, -0.25) is 19.7 Å². The Morgan fingerprint density at radius 2 is 2.10 bits per heavy atom. The van der Waals surface area contributed by atoms with Crippen molar-refractivity contribution in [1.82, 2.24) is 15.5 Å². The fraction of sp³-hybridized carbons (Fsp3) is 0.278. The quantitative estimate of drug-likeness (QED) is 0.254. The monoisotopic (exact) mass is 450 g/mol. The van der Waals surface area contributed by atoms with E-state index in [0.717, 1.165) is 28.7 Å². The van der Waals surface area contributed by atoms with Crippen LogP contribution >= 0.6 is 23.1 Å². The van der Waals surface area contributed by atoms with Crippen molar-refractivity contribution < 1.29 is 28.6 Å². The second-order valence-electron chi connectivity index (χ2n) is 5.68. The van der Waals surface area contributed by atoms with Crippen LogP contribution in [-0.4, -0.2) is 53.7 Å². The molecule has 1 aromatic carbocycles. The minimum Gasteiger partial charge on any atom is -0.465 e. The number of amides is 2. The van der Waals surface area contributed by atoms with Gasteiger partial charge in [0.15, 0.2) is 15.8 Å². The number of thioether (sulfide) groups is 1. The fourth-order valence-corrected chi connectivity index (χ4v) is 3.80. The lowest BCUT2D eigenvalue weighted by atomic mass is 10.2. The lowest BCUT2D eigenvalue weighted by molar-refractivity contribution is -0.143. The Kier molecular flexibility index (Phi) is 7.63. The zero-order valence-electron chi connectivity index (χ0n) is 15.9. The second kappa shape index (κ2) is 10.6. The number of hydrogen-bond acceptors (Lipinski definition) is 10. The van der Waals surface area contributed by atoms with Crippen molar-refractivity contribution in [2.45, 2.75) is 11.3 Å². The topological polar surface area (TPSA) is 129 Å². The smallest absolute Gasteiger partial charge is 0.325 e. The molecular formula is C18H18N4O6S2. The molecule has 1 aromatic heterocycles. The molecule has 2 amide bonds. The Morgan fingerprint density at radius 1 is 1.27 bits per heavy atom. The van der Waals surface area contributed by atoms with Crippen molar-refractivity contribution in [1.29, 1.82) is 0 Å². The summed E-state index contributed by atoms with van der Waals surface area (Å²) in [7, 11) is 0. The van der Waals surface area contributed by atoms with Gasteiger partial charge in [-0.1, -0.05) is 29.2 Å². The number of fused-ring (bicyclic) bond motifs is 1. The van der Waals surface area contributed by atoms with Gasteiger partial charge in [-0.15, -0.1) is 10.2 Å². The Bertz CT molecular complexity index is 962. The number of nitrogens with zero attached hydrogens (tertiary/aromatic N) is 2. The highest BCUT2D eigenvalue weighted by Gasteiger charge is 2.13. The van der Waals surface area contributed by atoms with Crippen molar-refractivity contribution in [3.63, 3.8) is 0 Å². The standard InChI is InChI=1S/C18H18N4O6S2/c1-2-26-16(25)8-19-15(24)9-29-18-22-21-17(30-18)20-14(23)6-4-11-3-5-12-13(7-11)28-10-27-12/h3-7H,2,8-10H2,1H3,(H,19,24)(H,20,21,23)/b6-4+. The number of hydrogen-bond donors (Lipinski definition) is 2. The maximum absolute atomic E-state index is 12.1. The fourth-order valence-electron chi connectivity index (χ4n) is 2.22. The number of rotatable bonds is 9. The molecule has 10 nitrogen and oxygen atoms in total. The minimum absolute atomic E-state index is 0.0615. The molecule has 1 aliphatic rings. The number of nitrogens with one attached hydrogen (secondary N) is 2. The summed E-state index contributed by atoms with van der Waals surface area (Å²) in [5, 5.41) is 13.2. The third-order valence-corrected chi connectivity index (χ3v) is 5.49. The molecule has 0 fully saturated rings. The first-order valence-corrected chi connectivity index (χ1v) is 10.6. The van der Waals surface area contributed by atoms with Crippen LogP contribution in [0.1, 0.15) is 12.5 Å². The normalized spacial score (nSPS) is 12.0. The first kappa shape index (κ1) is 21.6. The Hall–Kier alpha value is -3.12. The third-order valence-electron chi connectivity index (χ3n) is 3.52. The molecule has 30 heavy (non-hydrogen) atoms. The highest BCUT2D eigenvalue weighted by Crippen LogP contribution is 2.32. The summed E-state index contributed by atoms with van der Waals surface area (Å²) in [6.07, 6.45) is 3.01. The predicted molar refractivity (Wildman–Crippen MR) is 111 cm³/mol. The number of anilines is 1. The molecule has 0 atom stereocenters. The van der Waals surface area contributed by atoms with Crippen LogP contribution in [-0.2, 0) is 19.1 Å². The van der Waals surface area contributed by atoms with Gasteiger partial charge in [0, 0.05) is 6.08 Å². The molecular weight excluding hydrogens is 432 g/mol. The summed E-state index contributed by atoms with van der Waals surface area (Å²) >= 11 is 2.29. The van der Waals surface area contributed by atoms with E-state index >= 15 is 0 Å². The third kappa shape index (κ3) is 6.46. The molecule has 0 spiro atoms. The summed E-state index contributed by atoms with van der Waals surface area (Å²) in [4.78, 5) is 35.0. The number of aromatic nitrogens is 2. The highest BCUT2D eigenvalue weighted by molar-refractivity contribution is 8.01. The van der Waals surface area contributed by atoms with Crippen molar-refractivity contribution in [3.05, 3.63) is 29.8 Å². The molecule has 2 aromatic rings. The zero-order valence-corrected chi connectivity index (χ0v) is 17.5. The number of esters is 1. The first-order chi connectivity index (χ1) is 14.5. The van der Waals surface area contributed by atoms with Gasteiger partial charge >= 0.3 is 5.97 Å². The van der Waals surface area contributed by atoms with Gasteiger partial charge < -0.3 is 19.5 Å². The lowest BCUT2D eigenvalue weighted by Crippen LogP contribution is -2.31. The van der Waals surface area contributed by atoms with Gasteiger partial charge in [0.05, 0.1) is 12.4 Å². The van der Waals surface area contributed by atoms with E-state index < -0.39 is 5.97 Å². The first-order valence-electron chi connectivity index (χ1n) is 8.81. The molecule has 2 N–H and O–H groups in total. The molecule has 3 rings (SSSR count). The molecule has 0 saturated heterocycles. The largest absolute Gasteiger partial charge is 0.465 e. The predicted octanol–water partition coefficient (Wildman–Crippen LogP) is 1.69. The van der Waals surface area contributed by atoms with Crippen molar-refractivity contribution in [2.75, 3.05) is 31.0 Å². The Labute approximate surface area is 180 Å². The van der Waals surface area contributed by atoms with E-state index in [1.54, 1.807) is 25.1 Å². The average Bonchev–Trinajstić information content (AvgIpc) is 3.38. The van der Waals surface area contributed by atoms with E-state index in [1.165, 1.54) is 6.08 Å². The Morgan fingerprint density at radius 3 is 2.93 bits per heavy atom. The molecule has 158 valence electrons. The maximum Gasteiger partial charge on any atom is 0.325 e. The summed E-state index contributed by atoms with van der Waals surface area (Å²) in [6, 6.07) is 5.36. The van der Waals surface area contributed by atoms with Crippen molar-refractivity contribution >= 4 is 52.1 Å². The van der Waals surface area contributed by atoms with Gasteiger partial charge in [0.2, 0.25) is 23.7 Å². The van der Waals surface area contributed by atoms with Crippen LogP contribution in [0.5, 0.6) is 11.5 Å². The van der Waals surface area contributed by atoms with Crippen LogP contribution in [0, 0.1) is 0 Å². The van der Waals surface area contributed by atoms with Crippen LogP contribution in [0.3, 0.4) is 0 Å². The van der Waals surface area contributed by atoms with E-state index in [9.17, 15) is 14.4 Å². The number of ether oxygens (including phenoxy) is 3. The number of benzene rings is 1. The van der Waals surface area contributed by atoms with Gasteiger partial charge in [0.25, 0.3) is 0 Å². The molecule has 12 heteroatoms. The molecule has 0 bridgehead atoms. The van der Waals surface area contributed by atoms with Crippen LogP contribution < -0.4 is 20.1 Å². The highest BCUT2D eigenvalue weighted by atomic mass is 32.2. The molecule has 0 aliphatic carbocycles. The van der Waals surface area contributed by atoms with Crippen LogP contribution in [0.15, 0.2) is 28.6 Å². The van der Waals surface area contributed by atoms with Gasteiger partial charge in [0.1, 0.15) is 6.54 Å². The molecule has 1 aliphatic heterocycles. The van der Waals surface area contributed by atoms with E-state index in [2.05, 4.69) is 20.8 Å². The lowest BCUT2D eigenvalue weighted by Gasteiger charge is -2.03. The summed E-state index contributed by atoms with van der Waals surface area (Å²) in [6.45, 7) is 1.96. The van der Waals surface area contributed by atoms with E-state index in [4.69, 9.17) is 14.2 Å². The van der Waals surface area contributed by atoms with Crippen LogP contribution in [0.2, 0.25) is 0 Å². The molecule has 0 saturated carbocycles. The summed E-state index contributed by atoms with van der Waals surface area (Å²) in [5.41, 5.74) is 0.789. The van der Waals surface area contributed by atoms with Gasteiger partial charge in [-0.2, -0.15) is 0 Å². The molecule has 0 unspecified atom stereocenters. The van der Waals surface area contributed by atoms with E-state index in [0.29, 0.717) is 21.0 Å². The molecule has 2 heterocycles. The minimum atomic E-state index is -0.495. The zero-order chi connectivity index (χ0) is 21.3. The summed E-state index contributed by atoms with van der Waals surface area (Å²) in [5.74, 6) is 0.171. The number of carbonyl (C=O) groups excluding carboxylic acids is 3. The SMILES string of the molecule is CCOC(=O)CNC(=O)CSc1nnc(NC(=O)/C=C/c2ccc3c(c2)OCO3)s1. The molecule has 0 radical (unpaired) electrons.